The molecule has 0 unspecified atom stereocenters. The minimum absolute atomic E-state index is 0.144. The lowest BCUT2D eigenvalue weighted by atomic mass is 10.2. The molecule has 0 atom stereocenters. The van der Waals surface area contributed by atoms with Gasteiger partial charge in [-0.05, 0) is 59.3 Å². The molecule has 31 heavy (non-hydrogen) atoms. The summed E-state index contributed by atoms with van der Waals surface area (Å²) in [5.74, 6) is -0.0579. The van der Waals surface area contributed by atoms with Gasteiger partial charge < -0.3 is 18.6 Å². The minimum Gasteiger partial charge on any atom is -0.490 e. The predicted molar refractivity (Wildman–Crippen MR) is 122 cm³/mol. The normalized spacial score (nSPS) is 11.0. The van der Waals surface area contributed by atoms with Gasteiger partial charge in [0.15, 0.2) is 23.9 Å². The summed E-state index contributed by atoms with van der Waals surface area (Å²) in [7, 11) is 1.28. The monoisotopic (exact) mass is 552 g/mol. The summed E-state index contributed by atoms with van der Waals surface area (Å²) < 4.78 is 22.7. The van der Waals surface area contributed by atoms with Crippen LogP contribution in [0, 0.1) is 0 Å². The molecular formula is C21H18Br2N2O6. The summed E-state index contributed by atoms with van der Waals surface area (Å²) in [6.07, 6.45) is 1.45. The largest absolute Gasteiger partial charge is 0.490 e. The Morgan fingerprint density at radius 2 is 1.90 bits per heavy atom. The molecule has 3 aromatic rings. The first kappa shape index (κ1) is 22.8. The highest BCUT2D eigenvalue weighted by Crippen LogP contribution is 2.33. The Labute approximate surface area is 194 Å². The van der Waals surface area contributed by atoms with Gasteiger partial charge in [-0.15, -0.1) is 0 Å². The van der Waals surface area contributed by atoms with Crippen molar-refractivity contribution in [3.8, 4) is 11.5 Å². The van der Waals surface area contributed by atoms with Gasteiger partial charge in [0.2, 0.25) is 0 Å². The summed E-state index contributed by atoms with van der Waals surface area (Å²) in [6.45, 7) is 1.97. The number of ether oxygens (including phenoxy) is 3. The number of carbonyl (C=O) groups excluding carboxylic acids is 2. The zero-order chi connectivity index (χ0) is 22.4. The van der Waals surface area contributed by atoms with Crippen LogP contribution in [0.5, 0.6) is 11.5 Å². The van der Waals surface area contributed by atoms with Gasteiger partial charge in [-0.1, -0.05) is 15.9 Å². The van der Waals surface area contributed by atoms with Crippen LogP contribution in [0.4, 0.5) is 0 Å². The fraction of sp³-hybridized carbons (Fsp3) is 0.190. The Bertz CT molecular complexity index is 1140. The molecule has 0 aliphatic carbocycles. The summed E-state index contributed by atoms with van der Waals surface area (Å²) in [5.41, 5.74) is 3.66. The molecule has 0 radical (unpaired) electrons. The molecule has 162 valence electrons. The number of hydrogen-bond acceptors (Lipinski definition) is 7. The third-order valence-electron chi connectivity index (χ3n) is 4.01. The molecule has 1 aromatic heterocycles. The molecule has 3 rings (SSSR count). The van der Waals surface area contributed by atoms with E-state index in [0.29, 0.717) is 33.7 Å². The molecule has 0 aliphatic rings. The first-order chi connectivity index (χ1) is 14.9. The average Bonchev–Trinajstić information content (AvgIpc) is 3.17. The van der Waals surface area contributed by atoms with E-state index >= 15 is 0 Å². The van der Waals surface area contributed by atoms with Crippen molar-refractivity contribution in [2.24, 2.45) is 5.10 Å². The second kappa shape index (κ2) is 10.5. The number of esters is 1. The van der Waals surface area contributed by atoms with Crippen molar-refractivity contribution < 1.29 is 28.2 Å². The van der Waals surface area contributed by atoms with Crippen LogP contribution < -0.4 is 14.9 Å². The van der Waals surface area contributed by atoms with E-state index in [1.54, 1.807) is 24.3 Å². The van der Waals surface area contributed by atoms with Crippen molar-refractivity contribution in [3.05, 3.63) is 56.7 Å². The number of furan rings is 1. The predicted octanol–water partition coefficient (Wildman–Crippen LogP) is 4.67. The fourth-order valence-corrected chi connectivity index (χ4v) is 3.37. The summed E-state index contributed by atoms with van der Waals surface area (Å²) in [5, 5.41) is 4.79. The average molecular weight is 554 g/mol. The van der Waals surface area contributed by atoms with E-state index in [2.05, 4.69) is 47.1 Å². The molecule has 0 saturated heterocycles. The summed E-state index contributed by atoms with van der Waals surface area (Å²) in [4.78, 5) is 23.7. The topological polar surface area (TPSA) is 99.4 Å². The maximum Gasteiger partial charge on any atom is 0.343 e. The molecule has 0 fully saturated rings. The highest BCUT2D eigenvalue weighted by atomic mass is 79.9. The molecule has 1 amide bonds. The number of nitrogens with one attached hydrogen (secondary N) is 1. The van der Waals surface area contributed by atoms with Crippen LogP contribution in [0.25, 0.3) is 11.0 Å². The van der Waals surface area contributed by atoms with Crippen LogP contribution in [0.15, 0.2) is 54.9 Å². The van der Waals surface area contributed by atoms with Crippen molar-refractivity contribution in [1.82, 2.24) is 5.43 Å². The zero-order valence-electron chi connectivity index (χ0n) is 16.6. The van der Waals surface area contributed by atoms with Crippen LogP contribution in [0.2, 0.25) is 0 Å². The fourth-order valence-electron chi connectivity index (χ4n) is 2.57. The second-order valence-corrected chi connectivity index (χ2v) is 7.88. The van der Waals surface area contributed by atoms with Crippen LogP contribution in [-0.4, -0.2) is 38.4 Å². The third kappa shape index (κ3) is 5.86. The molecule has 10 heteroatoms. The third-order valence-corrected chi connectivity index (χ3v) is 5.19. The quantitative estimate of drug-likeness (QED) is 0.247. The van der Waals surface area contributed by atoms with Crippen LogP contribution >= 0.6 is 31.9 Å². The van der Waals surface area contributed by atoms with E-state index in [4.69, 9.17) is 13.9 Å². The lowest BCUT2D eigenvalue weighted by Crippen LogP contribution is -2.16. The van der Waals surface area contributed by atoms with E-state index in [0.717, 1.165) is 9.86 Å². The molecule has 2 aromatic carbocycles. The SMILES string of the molecule is CCOc1cc(/C=N/NC(=O)c2cc3cc(Br)ccc3o2)c(Br)cc1OCC(=O)OC. The number of rotatable bonds is 8. The van der Waals surface area contributed by atoms with Gasteiger partial charge in [0.25, 0.3) is 0 Å². The molecule has 8 nitrogen and oxygen atoms in total. The van der Waals surface area contributed by atoms with Gasteiger partial charge in [0.05, 0.1) is 19.9 Å². The first-order valence-electron chi connectivity index (χ1n) is 9.09. The van der Waals surface area contributed by atoms with Gasteiger partial charge in [-0.2, -0.15) is 5.10 Å². The zero-order valence-corrected chi connectivity index (χ0v) is 19.8. The standard InChI is InChI=1S/C21H18Br2N2O6/c1-3-29-17-8-13(15(23)9-18(17)30-11-20(26)28-2)10-24-25-21(27)19-7-12-6-14(22)4-5-16(12)31-19/h4-10H,3,11H2,1-2H3,(H,25,27)/b24-10+. The van der Waals surface area contributed by atoms with Gasteiger partial charge in [0, 0.05) is 19.9 Å². The molecule has 0 spiro atoms. The van der Waals surface area contributed by atoms with E-state index in [1.165, 1.54) is 13.3 Å². The van der Waals surface area contributed by atoms with E-state index in [1.807, 2.05) is 19.1 Å². The van der Waals surface area contributed by atoms with Crippen molar-refractivity contribution in [2.45, 2.75) is 6.92 Å². The van der Waals surface area contributed by atoms with Crippen LogP contribution in [0.1, 0.15) is 23.0 Å². The highest BCUT2D eigenvalue weighted by molar-refractivity contribution is 9.10. The molecule has 0 bridgehead atoms. The minimum atomic E-state index is -0.509. The van der Waals surface area contributed by atoms with Gasteiger partial charge >= 0.3 is 11.9 Å². The number of fused-ring (bicyclic) bond motifs is 1. The van der Waals surface area contributed by atoms with E-state index in [9.17, 15) is 9.59 Å². The highest BCUT2D eigenvalue weighted by Gasteiger charge is 2.14. The van der Waals surface area contributed by atoms with Gasteiger partial charge in [-0.25, -0.2) is 10.2 Å². The Morgan fingerprint density at radius 1 is 1.13 bits per heavy atom. The van der Waals surface area contributed by atoms with Crippen LogP contribution in [0.3, 0.4) is 0 Å². The number of nitrogens with zero attached hydrogens (tertiary/aromatic N) is 1. The molecular weight excluding hydrogens is 536 g/mol. The number of amides is 1. The molecule has 0 saturated carbocycles. The maximum atomic E-state index is 12.3. The second-order valence-electron chi connectivity index (χ2n) is 6.11. The number of methoxy groups -OCH3 is 1. The number of halogens is 2. The summed E-state index contributed by atoms with van der Waals surface area (Å²) >= 11 is 6.80. The summed E-state index contributed by atoms with van der Waals surface area (Å²) in [6, 6.07) is 10.4. The van der Waals surface area contributed by atoms with Crippen molar-refractivity contribution in [3.63, 3.8) is 0 Å². The maximum absolute atomic E-state index is 12.3. The number of hydrogen-bond donors (Lipinski definition) is 1. The first-order valence-corrected chi connectivity index (χ1v) is 10.7. The molecule has 1 heterocycles. The molecule has 0 aliphatic heterocycles. The van der Waals surface area contributed by atoms with Gasteiger partial charge in [-0.3, -0.25) is 4.79 Å². The molecule has 1 N–H and O–H groups in total. The van der Waals surface area contributed by atoms with Crippen molar-refractivity contribution in [1.29, 1.82) is 0 Å². The van der Waals surface area contributed by atoms with Crippen LogP contribution in [-0.2, 0) is 9.53 Å². The van der Waals surface area contributed by atoms with Gasteiger partial charge in [0.1, 0.15) is 5.58 Å². The smallest absolute Gasteiger partial charge is 0.343 e. The van der Waals surface area contributed by atoms with E-state index in [-0.39, 0.29) is 12.4 Å². The Balaban J connectivity index is 1.73. The Morgan fingerprint density at radius 3 is 2.65 bits per heavy atom. The Hall–Kier alpha value is -2.85. The number of carbonyl (C=O) groups is 2. The lowest BCUT2D eigenvalue weighted by Gasteiger charge is -2.13. The number of hydrazone groups is 1. The van der Waals surface area contributed by atoms with Crippen molar-refractivity contribution >= 4 is 60.9 Å². The lowest BCUT2D eigenvalue weighted by molar-refractivity contribution is -0.142. The Kier molecular flexibility index (Phi) is 7.69. The van der Waals surface area contributed by atoms with Crippen molar-refractivity contribution in [2.75, 3.05) is 20.3 Å². The number of benzene rings is 2. The van der Waals surface area contributed by atoms with E-state index < -0.39 is 11.9 Å².